The first kappa shape index (κ1) is 28.7. The molecule has 2 aliphatic carbocycles. The second-order valence-corrected chi connectivity index (χ2v) is 14.5. The van der Waals surface area contributed by atoms with Crippen LogP contribution in [0.2, 0.25) is 0 Å². The molecule has 2 bridgehead atoms. The van der Waals surface area contributed by atoms with Gasteiger partial charge in [0.15, 0.2) is 0 Å². The van der Waals surface area contributed by atoms with Crippen molar-refractivity contribution in [3.63, 3.8) is 0 Å². The first-order chi connectivity index (χ1) is 20.0. The van der Waals surface area contributed by atoms with Gasteiger partial charge in [0.05, 0.1) is 24.1 Å². The fourth-order valence-electron chi connectivity index (χ4n) is 7.58. The van der Waals surface area contributed by atoms with Gasteiger partial charge in [0, 0.05) is 55.0 Å². The second-order valence-electron chi connectivity index (χ2n) is 12.5. The van der Waals surface area contributed by atoms with Crippen LogP contribution in [-0.4, -0.2) is 72.9 Å². The number of para-hydroxylation sites is 1. The van der Waals surface area contributed by atoms with Gasteiger partial charge in [-0.25, -0.2) is 8.42 Å². The highest BCUT2D eigenvalue weighted by molar-refractivity contribution is 7.89. The number of hydrogen-bond acceptors (Lipinski definition) is 5. The van der Waals surface area contributed by atoms with Gasteiger partial charge in [-0.3, -0.25) is 9.59 Å². The van der Waals surface area contributed by atoms with E-state index in [9.17, 15) is 18.0 Å². The molecule has 42 heavy (non-hydrogen) atoms. The molecular formula is C33H39N3O5S. The summed E-state index contributed by atoms with van der Waals surface area (Å²) in [4.78, 5) is 28.6. The molecule has 1 aliphatic heterocycles. The number of Topliss-reactive ketones (excluding diaryl/α,β-unsaturated/α-hetero) is 1. The first-order valence-electron chi connectivity index (χ1n) is 14.7. The number of carbonyl (C=O) groups excluding carboxylic acids is 2. The van der Waals surface area contributed by atoms with Crippen LogP contribution in [0, 0.1) is 23.7 Å². The summed E-state index contributed by atoms with van der Waals surface area (Å²) < 4.78 is 36.3. The third-order valence-corrected chi connectivity index (χ3v) is 12.4. The van der Waals surface area contributed by atoms with Crippen molar-refractivity contribution < 1.29 is 22.7 Å². The van der Waals surface area contributed by atoms with Crippen LogP contribution in [0.15, 0.2) is 60.7 Å². The molecule has 1 aromatic heterocycles. The molecule has 1 amide bonds. The normalized spacial score (nSPS) is 23.9. The van der Waals surface area contributed by atoms with Crippen LogP contribution in [-0.2, 0) is 14.8 Å². The van der Waals surface area contributed by atoms with E-state index in [2.05, 4.69) is 18.4 Å². The molecule has 2 atom stereocenters. The highest BCUT2D eigenvalue weighted by atomic mass is 32.2. The molecule has 3 aliphatic rings. The molecule has 1 saturated heterocycles. The van der Waals surface area contributed by atoms with Crippen LogP contribution >= 0.6 is 0 Å². The monoisotopic (exact) mass is 589 g/mol. The van der Waals surface area contributed by atoms with E-state index in [1.165, 1.54) is 4.31 Å². The number of ketones is 1. The molecule has 2 saturated carbocycles. The number of ether oxygens (including phenoxy) is 1. The minimum absolute atomic E-state index is 0.103. The minimum Gasteiger partial charge on any atom is -0.497 e. The SMILES string of the molecule is COc1cccc(-c2cc(C(=O)N3CCN(S(=O)(=O)CC45CCC(CC4=O)C5(C)C)CC3)c(C)n2-c2ccccc2)c1. The Balaban J connectivity index is 1.23. The summed E-state index contributed by atoms with van der Waals surface area (Å²) in [5.74, 6) is 0.854. The van der Waals surface area contributed by atoms with Crippen LogP contribution in [0.3, 0.4) is 0 Å². The number of rotatable bonds is 7. The topological polar surface area (TPSA) is 88.9 Å². The minimum atomic E-state index is -3.66. The van der Waals surface area contributed by atoms with Gasteiger partial charge in [0.1, 0.15) is 11.5 Å². The second kappa shape index (κ2) is 10.4. The Labute approximate surface area is 248 Å². The predicted molar refractivity (Wildman–Crippen MR) is 162 cm³/mol. The first-order valence-corrected chi connectivity index (χ1v) is 16.3. The summed E-state index contributed by atoms with van der Waals surface area (Å²) >= 11 is 0. The number of fused-ring (bicyclic) bond motifs is 2. The largest absolute Gasteiger partial charge is 0.497 e. The van der Waals surface area contributed by atoms with Crippen molar-refractivity contribution in [1.29, 1.82) is 0 Å². The van der Waals surface area contributed by atoms with Crippen LogP contribution in [0.5, 0.6) is 5.75 Å². The smallest absolute Gasteiger partial charge is 0.255 e. The maximum Gasteiger partial charge on any atom is 0.255 e. The van der Waals surface area contributed by atoms with E-state index in [1.54, 1.807) is 12.0 Å². The lowest BCUT2D eigenvalue weighted by molar-refractivity contribution is -0.128. The average molecular weight is 590 g/mol. The average Bonchev–Trinajstić information content (AvgIpc) is 3.52. The van der Waals surface area contributed by atoms with Crippen LogP contribution < -0.4 is 4.74 Å². The summed E-state index contributed by atoms with van der Waals surface area (Å²) in [6.07, 6.45) is 2.05. The lowest BCUT2D eigenvalue weighted by atomic mass is 9.70. The number of methoxy groups -OCH3 is 1. The van der Waals surface area contributed by atoms with Gasteiger partial charge < -0.3 is 14.2 Å². The van der Waals surface area contributed by atoms with E-state index >= 15 is 0 Å². The van der Waals surface area contributed by atoms with Gasteiger partial charge in [-0.15, -0.1) is 0 Å². The number of hydrogen-bond donors (Lipinski definition) is 0. The van der Waals surface area contributed by atoms with E-state index in [1.807, 2.05) is 67.6 Å². The third kappa shape index (κ3) is 4.48. The molecule has 2 unspecified atom stereocenters. The quantitative estimate of drug-likeness (QED) is 0.389. The zero-order valence-corrected chi connectivity index (χ0v) is 25.6. The molecule has 0 radical (unpaired) electrons. The molecule has 9 heteroatoms. The Morgan fingerprint density at radius 1 is 1.00 bits per heavy atom. The van der Waals surface area contributed by atoms with Crippen LogP contribution in [0.25, 0.3) is 16.9 Å². The van der Waals surface area contributed by atoms with Gasteiger partial charge in [0.25, 0.3) is 5.91 Å². The van der Waals surface area contributed by atoms with E-state index in [-0.39, 0.29) is 41.9 Å². The Morgan fingerprint density at radius 3 is 2.33 bits per heavy atom. The molecule has 6 rings (SSSR count). The molecule has 8 nitrogen and oxygen atoms in total. The molecule has 222 valence electrons. The molecule has 2 heterocycles. The Morgan fingerprint density at radius 2 is 1.71 bits per heavy atom. The summed E-state index contributed by atoms with van der Waals surface area (Å²) in [5, 5.41) is 0. The summed E-state index contributed by atoms with van der Waals surface area (Å²) in [7, 11) is -2.03. The van der Waals surface area contributed by atoms with E-state index in [0.29, 0.717) is 31.5 Å². The number of nitrogens with zero attached hydrogens (tertiary/aromatic N) is 3. The zero-order chi connectivity index (χ0) is 29.9. The van der Waals surface area contributed by atoms with Crippen molar-refractivity contribution >= 4 is 21.7 Å². The Bertz CT molecular complexity index is 1640. The van der Waals surface area contributed by atoms with Gasteiger partial charge in [-0.2, -0.15) is 4.31 Å². The lowest BCUT2D eigenvalue weighted by Gasteiger charge is -2.39. The number of amides is 1. The number of aromatic nitrogens is 1. The van der Waals surface area contributed by atoms with Crippen molar-refractivity contribution in [2.75, 3.05) is 39.0 Å². The number of carbonyl (C=O) groups is 2. The molecule has 0 spiro atoms. The van der Waals surface area contributed by atoms with Gasteiger partial charge in [-0.05, 0) is 61.4 Å². The number of benzene rings is 2. The molecule has 2 aromatic carbocycles. The fourth-order valence-corrected chi connectivity index (χ4v) is 9.78. The van der Waals surface area contributed by atoms with Crippen molar-refractivity contribution in [3.05, 3.63) is 71.9 Å². The summed E-state index contributed by atoms with van der Waals surface area (Å²) in [5.41, 5.74) is 3.05. The van der Waals surface area contributed by atoms with E-state index < -0.39 is 15.4 Å². The molecule has 0 N–H and O–H groups in total. The van der Waals surface area contributed by atoms with Crippen molar-refractivity contribution in [2.45, 2.75) is 40.0 Å². The molecule has 3 fully saturated rings. The maximum absolute atomic E-state index is 13.9. The molecular weight excluding hydrogens is 550 g/mol. The van der Waals surface area contributed by atoms with Crippen molar-refractivity contribution in [3.8, 4) is 22.7 Å². The Hall–Kier alpha value is -3.43. The van der Waals surface area contributed by atoms with E-state index in [4.69, 9.17) is 4.74 Å². The number of sulfonamides is 1. The van der Waals surface area contributed by atoms with E-state index in [0.717, 1.165) is 34.8 Å². The predicted octanol–water partition coefficient (Wildman–Crippen LogP) is 4.94. The van der Waals surface area contributed by atoms with Crippen molar-refractivity contribution in [1.82, 2.24) is 13.8 Å². The van der Waals surface area contributed by atoms with Gasteiger partial charge in [-0.1, -0.05) is 44.2 Å². The van der Waals surface area contributed by atoms with Crippen LogP contribution in [0.4, 0.5) is 0 Å². The highest BCUT2D eigenvalue weighted by Gasteiger charge is 2.65. The van der Waals surface area contributed by atoms with Crippen molar-refractivity contribution in [2.24, 2.45) is 16.7 Å². The summed E-state index contributed by atoms with van der Waals surface area (Å²) in [6, 6.07) is 19.6. The molecule has 3 aromatic rings. The lowest BCUT2D eigenvalue weighted by Crippen LogP contribution is -2.53. The highest BCUT2D eigenvalue weighted by Crippen LogP contribution is 2.64. The maximum atomic E-state index is 13.9. The Kier molecular flexibility index (Phi) is 7.09. The number of piperazine rings is 1. The third-order valence-electron chi connectivity index (χ3n) is 10.3. The van der Waals surface area contributed by atoms with Gasteiger partial charge >= 0.3 is 0 Å². The standard InChI is InChI=1S/C33H39N3O5S/c1-23-28(21-29(24-9-8-12-27(19-24)41-4)36(23)26-10-6-5-7-11-26)31(38)34-15-17-35(18-16-34)42(39,40)22-33-14-13-25(20-30(33)37)32(33,2)3/h5-12,19,21,25H,13-18,20,22H2,1-4H3. The van der Waals surface area contributed by atoms with Crippen LogP contribution in [0.1, 0.15) is 49.2 Å². The fraction of sp³-hybridized carbons (Fsp3) is 0.455. The summed E-state index contributed by atoms with van der Waals surface area (Å²) in [6.45, 7) is 7.12. The zero-order valence-electron chi connectivity index (χ0n) is 24.8. The van der Waals surface area contributed by atoms with Gasteiger partial charge in [0.2, 0.25) is 10.0 Å².